The molecule has 2 rings (SSSR count). The van der Waals surface area contributed by atoms with E-state index >= 15 is 0 Å². The lowest BCUT2D eigenvalue weighted by Gasteiger charge is -1.90. The molecule has 0 aliphatic heterocycles. The first-order chi connectivity index (χ1) is 6.22. The Bertz CT molecular complexity index is 478. The van der Waals surface area contributed by atoms with E-state index in [-0.39, 0.29) is 0 Å². The number of hydrogen-bond donors (Lipinski definition) is 0. The zero-order chi connectivity index (χ0) is 9.42. The molecule has 0 atom stereocenters. The highest BCUT2D eigenvalue weighted by Crippen LogP contribution is 2.34. The molecule has 1 aromatic heterocycles. The smallest absolute Gasteiger partial charge is 0.152 e. The van der Waals surface area contributed by atoms with Crippen molar-refractivity contribution in [3.63, 3.8) is 0 Å². The molecule has 0 aliphatic rings. The molecule has 1 nitrogen and oxygen atoms in total. The number of carbonyl (C=O) groups is 1. The average molecular weight is 367 g/mol. The Balaban J connectivity index is 2.86. The Morgan fingerprint density at radius 1 is 1.46 bits per heavy atom. The Morgan fingerprint density at radius 2 is 2.23 bits per heavy atom. The molecule has 0 aliphatic carbocycles. The molecular weight excluding hydrogens is 363 g/mol. The summed E-state index contributed by atoms with van der Waals surface area (Å²) in [5, 5.41) is 1.03. The normalized spacial score (nSPS) is 10.6. The summed E-state index contributed by atoms with van der Waals surface area (Å²) < 4.78 is 3.26. The second-order valence-corrected chi connectivity index (χ2v) is 6.16. The summed E-state index contributed by atoms with van der Waals surface area (Å²) in [5.74, 6) is 0. The molecule has 0 spiro atoms. The van der Waals surface area contributed by atoms with Crippen LogP contribution in [0.2, 0.25) is 0 Å². The quantitative estimate of drug-likeness (QED) is 0.549. The predicted octanol–water partition coefficient (Wildman–Crippen LogP) is 4.08. The zero-order valence-corrected chi connectivity index (χ0v) is 10.9. The molecule has 0 saturated carbocycles. The van der Waals surface area contributed by atoms with Gasteiger partial charge in [-0.05, 0) is 50.7 Å². The minimum Gasteiger partial charge on any atom is -0.298 e. The van der Waals surface area contributed by atoms with E-state index in [2.05, 4.69) is 44.6 Å². The standard InChI is InChI=1S/C9H4BrIOS/c10-9-7(4-12)6-2-1-5(11)3-8(6)13-9/h1-4H. The second kappa shape index (κ2) is 3.67. The fraction of sp³-hybridized carbons (Fsp3) is 0. The number of hydrogen-bond acceptors (Lipinski definition) is 2. The van der Waals surface area contributed by atoms with Gasteiger partial charge in [-0.25, -0.2) is 0 Å². The molecule has 1 heterocycles. The molecule has 2 aromatic rings. The van der Waals surface area contributed by atoms with Gasteiger partial charge < -0.3 is 0 Å². The Morgan fingerprint density at radius 3 is 2.92 bits per heavy atom. The molecule has 0 unspecified atom stereocenters. The van der Waals surface area contributed by atoms with Crippen LogP contribution in [-0.4, -0.2) is 6.29 Å². The highest BCUT2D eigenvalue weighted by atomic mass is 127. The lowest BCUT2D eigenvalue weighted by Crippen LogP contribution is -1.76. The van der Waals surface area contributed by atoms with Gasteiger partial charge in [0.05, 0.1) is 3.79 Å². The molecule has 66 valence electrons. The van der Waals surface area contributed by atoms with Crippen LogP contribution in [0.1, 0.15) is 10.4 Å². The topological polar surface area (TPSA) is 17.1 Å². The van der Waals surface area contributed by atoms with E-state index in [9.17, 15) is 4.79 Å². The average Bonchev–Trinajstić information content (AvgIpc) is 2.39. The molecule has 0 N–H and O–H groups in total. The number of benzene rings is 1. The largest absolute Gasteiger partial charge is 0.298 e. The lowest BCUT2D eigenvalue weighted by atomic mass is 10.2. The minimum absolute atomic E-state index is 0.761. The molecule has 0 saturated heterocycles. The van der Waals surface area contributed by atoms with Crippen LogP contribution in [0.3, 0.4) is 0 Å². The molecular formula is C9H4BrIOS. The summed E-state index contributed by atoms with van der Waals surface area (Å²) in [7, 11) is 0. The summed E-state index contributed by atoms with van der Waals surface area (Å²) in [5.41, 5.74) is 0.761. The van der Waals surface area contributed by atoms with Crippen LogP contribution >= 0.6 is 49.9 Å². The van der Waals surface area contributed by atoms with Gasteiger partial charge in [-0.15, -0.1) is 11.3 Å². The molecule has 0 bridgehead atoms. The van der Waals surface area contributed by atoms with Crippen molar-refractivity contribution in [3.8, 4) is 0 Å². The van der Waals surface area contributed by atoms with E-state index in [0.717, 1.165) is 25.7 Å². The number of halogens is 2. The maximum atomic E-state index is 10.8. The number of fused-ring (bicyclic) bond motifs is 1. The van der Waals surface area contributed by atoms with Gasteiger partial charge in [0.15, 0.2) is 6.29 Å². The molecule has 0 radical (unpaired) electrons. The van der Waals surface area contributed by atoms with Crippen molar-refractivity contribution in [2.45, 2.75) is 0 Å². The van der Waals surface area contributed by atoms with Crippen molar-refractivity contribution in [1.82, 2.24) is 0 Å². The van der Waals surface area contributed by atoms with Crippen molar-refractivity contribution < 1.29 is 4.79 Å². The maximum Gasteiger partial charge on any atom is 0.152 e. The van der Waals surface area contributed by atoms with E-state index in [0.29, 0.717) is 0 Å². The predicted molar refractivity (Wildman–Crippen MR) is 67.6 cm³/mol. The van der Waals surface area contributed by atoms with Crippen LogP contribution in [0.15, 0.2) is 22.0 Å². The molecule has 0 fully saturated rings. The van der Waals surface area contributed by atoms with Crippen molar-refractivity contribution in [2.24, 2.45) is 0 Å². The minimum atomic E-state index is 0.761. The Hall–Kier alpha value is 0.0600. The Kier molecular flexibility index (Phi) is 2.71. The fourth-order valence-electron chi connectivity index (χ4n) is 1.17. The SMILES string of the molecule is O=Cc1c(Br)sc2cc(I)ccc12. The highest BCUT2D eigenvalue weighted by molar-refractivity contribution is 14.1. The van der Waals surface area contributed by atoms with Crippen LogP contribution in [0, 0.1) is 3.57 Å². The third-order valence-electron chi connectivity index (χ3n) is 1.76. The van der Waals surface area contributed by atoms with Gasteiger partial charge in [0.2, 0.25) is 0 Å². The molecule has 0 amide bonds. The first kappa shape index (κ1) is 9.61. The number of carbonyl (C=O) groups excluding carboxylic acids is 1. The van der Waals surface area contributed by atoms with Crippen LogP contribution < -0.4 is 0 Å². The van der Waals surface area contributed by atoms with Crippen LogP contribution in [0.4, 0.5) is 0 Å². The van der Waals surface area contributed by atoms with Gasteiger partial charge in [0.25, 0.3) is 0 Å². The third kappa shape index (κ3) is 1.67. The van der Waals surface area contributed by atoms with Gasteiger partial charge in [-0.3, -0.25) is 4.79 Å². The summed E-state index contributed by atoms with van der Waals surface area (Å²) in [4.78, 5) is 10.8. The second-order valence-electron chi connectivity index (χ2n) is 2.55. The molecule has 4 heteroatoms. The van der Waals surface area contributed by atoms with E-state index in [1.165, 1.54) is 3.57 Å². The van der Waals surface area contributed by atoms with Crippen molar-refractivity contribution in [1.29, 1.82) is 0 Å². The monoisotopic (exact) mass is 366 g/mol. The molecule has 1 aromatic carbocycles. The highest BCUT2D eigenvalue weighted by Gasteiger charge is 2.08. The van der Waals surface area contributed by atoms with Crippen LogP contribution in [-0.2, 0) is 0 Å². The summed E-state index contributed by atoms with van der Waals surface area (Å²) in [6.07, 6.45) is 0.899. The summed E-state index contributed by atoms with van der Waals surface area (Å²) in [6.45, 7) is 0. The first-order valence-corrected chi connectivity index (χ1v) is 6.24. The fourth-order valence-corrected chi connectivity index (χ4v) is 3.64. The number of rotatable bonds is 1. The van der Waals surface area contributed by atoms with Crippen LogP contribution in [0.5, 0.6) is 0 Å². The molecule has 13 heavy (non-hydrogen) atoms. The van der Waals surface area contributed by atoms with Crippen molar-refractivity contribution in [3.05, 3.63) is 31.1 Å². The van der Waals surface area contributed by atoms with Crippen molar-refractivity contribution in [2.75, 3.05) is 0 Å². The van der Waals surface area contributed by atoms with Gasteiger partial charge >= 0.3 is 0 Å². The van der Waals surface area contributed by atoms with Gasteiger partial charge in [-0.2, -0.15) is 0 Å². The van der Waals surface area contributed by atoms with E-state index in [1.54, 1.807) is 11.3 Å². The van der Waals surface area contributed by atoms with Gasteiger partial charge in [0, 0.05) is 19.2 Å². The number of aldehydes is 1. The zero-order valence-electron chi connectivity index (χ0n) is 6.38. The third-order valence-corrected chi connectivity index (χ3v) is 4.30. The summed E-state index contributed by atoms with van der Waals surface area (Å²) >= 11 is 7.24. The summed E-state index contributed by atoms with van der Waals surface area (Å²) in [6, 6.07) is 6.08. The lowest BCUT2D eigenvalue weighted by molar-refractivity contribution is 0.112. The van der Waals surface area contributed by atoms with Crippen molar-refractivity contribution >= 4 is 66.2 Å². The van der Waals surface area contributed by atoms with E-state index < -0.39 is 0 Å². The van der Waals surface area contributed by atoms with Gasteiger partial charge in [-0.1, -0.05) is 6.07 Å². The van der Waals surface area contributed by atoms with Gasteiger partial charge in [0.1, 0.15) is 0 Å². The van der Waals surface area contributed by atoms with E-state index in [1.807, 2.05) is 12.1 Å². The maximum absolute atomic E-state index is 10.8. The van der Waals surface area contributed by atoms with E-state index in [4.69, 9.17) is 0 Å². The first-order valence-electron chi connectivity index (χ1n) is 3.55. The van der Waals surface area contributed by atoms with Crippen LogP contribution in [0.25, 0.3) is 10.1 Å². The number of thiophene rings is 1. The Labute approximate surface area is 101 Å².